The molecular formula is C11H23NOS. The monoisotopic (exact) mass is 217 g/mol. The first-order chi connectivity index (χ1) is 6.64. The first kappa shape index (κ1) is 12.3. The summed E-state index contributed by atoms with van der Waals surface area (Å²) in [6, 6.07) is 0. The lowest BCUT2D eigenvalue weighted by molar-refractivity contribution is 0.247. The normalized spacial score (nSPS) is 23.4. The lowest BCUT2D eigenvalue weighted by Gasteiger charge is -2.22. The molecule has 0 aliphatic carbocycles. The minimum atomic E-state index is 0.341. The first-order valence-electron chi connectivity index (χ1n) is 5.61. The third-order valence-electron chi connectivity index (χ3n) is 2.81. The van der Waals surface area contributed by atoms with Crippen molar-refractivity contribution >= 4 is 11.8 Å². The van der Waals surface area contributed by atoms with Gasteiger partial charge in [0.15, 0.2) is 0 Å². The summed E-state index contributed by atoms with van der Waals surface area (Å²) in [6.45, 7) is 8.64. The van der Waals surface area contributed by atoms with Crippen LogP contribution >= 0.6 is 11.8 Å². The van der Waals surface area contributed by atoms with E-state index in [1.807, 2.05) is 0 Å². The molecule has 0 unspecified atom stereocenters. The quantitative estimate of drug-likeness (QED) is 0.728. The van der Waals surface area contributed by atoms with Crippen molar-refractivity contribution in [3.8, 4) is 0 Å². The average Bonchev–Trinajstić information content (AvgIpc) is 2.28. The SMILES string of the molecule is CC1(C)CCN(CCCCO)CCS1. The maximum Gasteiger partial charge on any atom is 0.0431 e. The van der Waals surface area contributed by atoms with Gasteiger partial charge in [-0.1, -0.05) is 13.8 Å². The van der Waals surface area contributed by atoms with Crippen LogP contribution in [0.3, 0.4) is 0 Å². The van der Waals surface area contributed by atoms with E-state index in [0.717, 1.165) is 19.4 Å². The Kier molecular flexibility index (Phi) is 5.28. The second-order valence-electron chi connectivity index (χ2n) is 4.63. The molecule has 2 nitrogen and oxygen atoms in total. The molecule has 1 N–H and O–H groups in total. The molecule has 1 heterocycles. The summed E-state index contributed by atoms with van der Waals surface area (Å²) in [5, 5.41) is 8.71. The molecule has 0 aromatic heterocycles. The zero-order valence-corrected chi connectivity index (χ0v) is 10.3. The molecule has 1 fully saturated rings. The van der Waals surface area contributed by atoms with Crippen LogP contribution in [0.25, 0.3) is 0 Å². The summed E-state index contributed by atoms with van der Waals surface area (Å²) in [6.07, 6.45) is 3.38. The van der Waals surface area contributed by atoms with Gasteiger partial charge in [0.05, 0.1) is 0 Å². The minimum absolute atomic E-state index is 0.341. The van der Waals surface area contributed by atoms with E-state index in [2.05, 4.69) is 30.5 Å². The van der Waals surface area contributed by atoms with Gasteiger partial charge >= 0.3 is 0 Å². The Labute approximate surface area is 92.1 Å². The second-order valence-corrected chi connectivity index (χ2v) is 6.43. The van der Waals surface area contributed by atoms with E-state index in [9.17, 15) is 0 Å². The average molecular weight is 217 g/mol. The lowest BCUT2D eigenvalue weighted by atomic mass is 10.1. The summed E-state index contributed by atoms with van der Waals surface area (Å²) >= 11 is 2.09. The number of rotatable bonds is 4. The predicted octanol–water partition coefficient (Wildman–Crippen LogP) is 1.98. The van der Waals surface area contributed by atoms with Crippen molar-refractivity contribution in [1.82, 2.24) is 4.90 Å². The van der Waals surface area contributed by atoms with E-state index >= 15 is 0 Å². The Morgan fingerprint density at radius 2 is 2.07 bits per heavy atom. The topological polar surface area (TPSA) is 23.5 Å². The van der Waals surface area contributed by atoms with Gasteiger partial charge in [-0.05, 0) is 32.4 Å². The van der Waals surface area contributed by atoms with Crippen LogP contribution in [0.4, 0.5) is 0 Å². The van der Waals surface area contributed by atoms with Crippen molar-refractivity contribution in [1.29, 1.82) is 0 Å². The van der Waals surface area contributed by atoms with Crippen LogP contribution in [0.15, 0.2) is 0 Å². The van der Waals surface area contributed by atoms with Gasteiger partial charge in [-0.2, -0.15) is 11.8 Å². The highest BCUT2D eigenvalue weighted by Gasteiger charge is 2.22. The van der Waals surface area contributed by atoms with Gasteiger partial charge in [-0.3, -0.25) is 0 Å². The highest BCUT2D eigenvalue weighted by Crippen LogP contribution is 2.30. The smallest absolute Gasteiger partial charge is 0.0431 e. The maximum atomic E-state index is 8.71. The van der Waals surface area contributed by atoms with Gasteiger partial charge in [-0.25, -0.2) is 0 Å². The maximum absolute atomic E-state index is 8.71. The van der Waals surface area contributed by atoms with Crippen molar-refractivity contribution in [3.63, 3.8) is 0 Å². The lowest BCUT2D eigenvalue weighted by Crippen LogP contribution is -2.28. The molecule has 0 atom stereocenters. The standard InChI is InChI=1S/C11H23NOS/c1-11(2)5-7-12(8-10-14-11)6-3-4-9-13/h13H,3-10H2,1-2H3. The van der Waals surface area contributed by atoms with E-state index in [4.69, 9.17) is 5.11 Å². The summed E-state index contributed by atoms with van der Waals surface area (Å²) < 4.78 is 0.464. The first-order valence-corrected chi connectivity index (χ1v) is 6.60. The van der Waals surface area contributed by atoms with Crippen molar-refractivity contribution in [3.05, 3.63) is 0 Å². The number of aliphatic hydroxyl groups is 1. The Bertz CT molecular complexity index is 161. The molecule has 1 rings (SSSR count). The van der Waals surface area contributed by atoms with Gasteiger partial charge < -0.3 is 10.0 Å². The van der Waals surface area contributed by atoms with Crippen LogP contribution in [0.1, 0.15) is 33.1 Å². The van der Waals surface area contributed by atoms with Gasteiger partial charge in [0.25, 0.3) is 0 Å². The van der Waals surface area contributed by atoms with E-state index < -0.39 is 0 Å². The Hall–Kier alpha value is 0.270. The highest BCUT2D eigenvalue weighted by atomic mass is 32.2. The molecule has 0 amide bonds. The minimum Gasteiger partial charge on any atom is -0.396 e. The third-order valence-corrected chi connectivity index (χ3v) is 4.19. The number of nitrogens with zero attached hydrogens (tertiary/aromatic N) is 1. The molecule has 1 saturated heterocycles. The predicted molar refractivity (Wildman–Crippen MR) is 63.9 cm³/mol. The van der Waals surface area contributed by atoms with Crippen LogP contribution in [-0.4, -0.2) is 46.7 Å². The molecular weight excluding hydrogens is 194 g/mol. The molecule has 1 aliphatic rings. The second kappa shape index (κ2) is 5.99. The summed E-state index contributed by atoms with van der Waals surface area (Å²) in [5.74, 6) is 1.26. The van der Waals surface area contributed by atoms with Crippen molar-refractivity contribution in [2.45, 2.75) is 37.9 Å². The Morgan fingerprint density at radius 1 is 1.29 bits per heavy atom. The van der Waals surface area contributed by atoms with Crippen LogP contribution in [-0.2, 0) is 0 Å². The van der Waals surface area contributed by atoms with Crippen LogP contribution in [0.5, 0.6) is 0 Å². The zero-order chi connectivity index (χ0) is 10.4. The van der Waals surface area contributed by atoms with Crippen molar-refractivity contribution < 1.29 is 5.11 Å². The van der Waals surface area contributed by atoms with Crippen LogP contribution in [0.2, 0.25) is 0 Å². The molecule has 0 radical (unpaired) electrons. The van der Waals surface area contributed by atoms with Crippen LogP contribution < -0.4 is 0 Å². The van der Waals surface area contributed by atoms with Gasteiger partial charge in [-0.15, -0.1) is 0 Å². The number of unbranched alkanes of at least 4 members (excludes halogenated alkanes) is 1. The fourth-order valence-electron chi connectivity index (χ4n) is 1.73. The highest BCUT2D eigenvalue weighted by molar-refractivity contribution is 8.00. The molecule has 0 aromatic rings. The molecule has 0 spiro atoms. The molecule has 3 heteroatoms. The molecule has 0 saturated carbocycles. The molecule has 14 heavy (non-hydrogen) atoms. The van der Waals surface area contributed by atoms with Crippen molar-refractivity contribution in [2.75, 3.05) is 32.0 Å². The molecule has 0 bridgehead atoms. The Balaban J connectivity index is 2.21. The number of aliphatic hydroxyl groups excluding tert-OH is 1. The van der Waals surface area contributed by atoms with Gasteiger partial charge in [0, 0.05) is 23.7 Å². The van der Waals surface area contributed by atoms with Gasteiger partial charge in [0.1, 0.15) is 0 Å². The number of hydrogen-bond acceptors (Lipinski definition) is 3. The van der Waals surface area contributed by atoms with E-state index in [1.165, 1.54) is 25.3 Å². The summed E-state index contributed by atoms with van der Waals surface area (Å²) in [5.41, 5.74) is 0. The summed E-state index contributed by atoms with van der Waals surface area (Å²) in [4.78, 5) is 2.54. The van der Waals surface area contributed by atoms with E-state index in [-0.39, 0.29) is 0 Å². The van der Waals surface area contributed by atoms with E-state index in [1.54, 1.807) is 0 Å². The number of thioether (sulfide) groups is 1. The number of hydrogen-bond donors (Lipinski definition) is 1. The fourth-order valence-corrected chi connectivity index (χ4v) is 2.87. The zero-order valence-electron chi connectivity index (χ0n) is 9.46. The molecule has 84 valence electrons. The largest absolute Gasteiger partial charge is 0.396 e. The van der Waals surface area contributed by atoms with Crippen molar-refractivity contribution in [2.24, 2.45) is 0 Å². The summed E-state index contributed by atoms with van der Waals surface area (Å²) in [7, 11) is 0. The van der Waals surface area contributed by atoms with Crippen LogP contribution in [0, 0.1) is 0 Å². The Morgan fingerprint density at radius 3 is 2.79 bits per heavy atom. The van der Waals surface area contributed by atoms with Gasteiger partial charge in [0.2, 0.25) is 0 Å². The molecule has 1 aliphatic heterocycles. The third kappa shape index (κ3) is 4.67. The van der Waals surface area contributed by atoms with E-state index in [0.29, 0.717) is 11.4 Å². The fraction of sp³-hybridized carbons (Fsp3) is 1.00. The molecule has 0 aromatic carbocycles.